The van der Waals surface area contributed by atoms with Crippen LogP contribution in [0, 0.1) is 0 Å². The van der Waals surface area contributed by atoms with Gasteiger partial charge >= 0.3 is 0 Å². The third-order valence-electron chi connectivity index (χ3n) is 5.97. The number of benzene rings is 3. The zero-order valence-electron chi connectivity index (χ0n) is 21.6. The Morgan fingerprint density at radius 1 is 0.947 bits per heavy atom. The van der Waals surface area contributed by atoms with Crippen LogP contribution in [0.2, 0.25) is 5.02 Å². The Morgan fingerprint density at radius 2 is 1.58 bits per heavy atom. The predicted octanol–water partition coefficient (Wildman–Crippen LogP) is 4.49. The van der Waals surface area contributed by atoms with Crippen LogP contribution in [-0.2, 0) is 26.2 Å². The Bertz CT molecular complexity index is 1330. The van der Waals surface area contributed by atoms with E-state index in [0.29, 0.717) is 23.7 Å². The van der Waals surface area contributed by atoms with Crippen molar-refractivity contribution in [3.05, 3.63) is 89.4 Å². The van der Waals surface area contributed by atoms with Crippen molar-refractivity contribution in [1.82, 2.24) is 10.2 Å². The number of halogens is 1. The fraction of sp³-hybridized carbons (Fsp3) is 0.286. The number of amides is 2. The summed E-state index contributed by atoms with van der Waals surface area (Å²) in [5, 5.41) is 3.32. The van der Waals surface area contributed by atoms with Gasteiger partial charge in [0.2, 0.25) is 11.8 Å². The van der Waals surface area contributed by atoms with Gasteiger partial charge in [0.25, 0.3) is 10.0 Å². The van der Waals surface area contributed by atoms with Crippen LogP contribution in [-0.4, -0.2) is 51.4 Å². The number of methoxy groups -OCH3 is 1. The third-order valence-corrected chi connectivity index (χ3v) is 7.99. The second-order valence-electron chi connectivity index (χ2n) is 8.46. The summed E-state index contributed by atoms with van der Waals surface area (Å²) in [6, 6.07) is 20.6. The average Bonchev–Trinajstić information content (AvgIpc) is 2.93. The lowest BCUT2D eigenvalue weighted by molar-refractivity contribution is -0.140. The standard InChI is InChI=1S/C28H32ClN3O5S/c1-4-24(28(34)30-5-2)31(19-21-15-17-22(29)18-16-21)27(33)20-32(25-13-9-10-14-26(25)37-3)38(35,36)23-11-7-6-8-12-23/h6-18,24H,4-5,19-20H2,1-3H3,(H,30,34). The maximum Gasteiger partial charge on any atom is 0.264 e. The van der Waals surface area contributed by atoms with Crippen LogP contribution in [0.25, 0.3) is 0 Å². The fourth-order valence-corrected chi connectivity index (χ4v) is 5.64. The Labute approximate surface area is 229 Å². The topological polar surface area (TPSA) is 96.0 Å². The van der Waals surface area contributed by atoms with E-state index in [0.717, 1.165) is 9.87 Å². The summed E-state index contributed by atoms with van der Waals surface area (Å²) in [7, 11) is -2.74. The van der Waals surface area contributed by atoms with E-state index in [1.54, 1.807) is 80.6 Å². The first-order valence-corrected chi connectivity index (χ1v) is 14.1. The minimum absolute atomic E-state index is 0.0266. The molecule has 0 saturated heterocycles. The second-order valence-corrected chi connectivity index (χ2v) is 10.8. The molecule has 3 aromatic carbocycles. The van der Waals surface area contributed by atoms with Crippen molar-refractivity contribution in [2.45, 2.75) is 37.8 Å². The molecule has 0 spiro atoms. The number of likely N-dealkylation sites (N-methyl/N-ethyl adjacent to an activating group) is 1. The number of para-hydroxylation sites is 2. The number of nitrogens with one attached hydrogen (secondary N) is 1. The minimum Gasteiger partial charge on any atom is -0.495 e. The van der Waals surface area contributed by atoms with Gasteiger partial charge in [-0.1, -0.05) is 61.0 Å². The Kier molecular flexibility index (Phi) is 10.2. The SMILES string of the molecule is CCNC(=O)C(CC)N(Cc1ccc(Cl)cc1)C(=O)CN(c1ccccc1OC)S(=O)(=O)c1ccccc1. The molecule has 38 heavy (non-hydrogen) atoms. The zero-order chi connectivity index (χ0) is 27.7. The van der Waals surface area contributed by atoms with Crippen molar-refractivity contribution >= 4 is 39.1 Å². The van der Waals surface area contributed by atoms with Crippen LogP contribution in [0.4, 0.5) is 5.69 Å². The summed E-state index contributed by atoms with van der Waals surface area (Å²) >= 11 is 6.04. The molecular formula is C28H32ClN3O5S. The molecule has 0 aromatic heterocycles. The van der Waals surface area contributed by atoms with Gasteiger partial charge in [-0.05, 0) is 55.3 Å². The van der Waals surface area contributed by atoms with Crippen molar-refractivity contribution in [2.75, 3.05) is 24.5 Å². The second kappa shape index (κ2) is 13.3. The van der Waals surface area contributed by atoms with E-state index in [-0.39, 0.29) is 23.0 Å². The molecule has 1 atom stereocenters. The first kappa shape index (κ1) is 29.0. The summed E-state index contributed by atoms with van der Waals surface area (Å²) in [5.41, 5.74) is 0.963. The molecule has 0 fully saturated rings. The van der Waals surface area contributed by atoms with Crippen LogP contribution in [0.15, 0.2) is 83.8 Å². The van der Waals surface area contributed by atoms with Crippen LogP contribution in [0.5, 0.6) is 5.75 Å². The molecule has 0 saturated carbocycles. The molecule has 0 aliphatic rings. The molecule has 0 aliphatic heterocycles. The van der Waals surface area contributed by atoms with E-state index in [9.17, 15) is 18.0 Å². The largest absolute Gasteiger partial charge is 0.495 e. The highest BCUT2D eigenvalue weighted by Gasteiger charge is 2.34. The maximum absolute atomic E-state index is 14.0. The van der Waals surface area contributed by atoms with Crippen molar-refractivity contribution in [3.63, 3.8) is 0 Å². The number of hydrogen-bond donors (Lipinski definition) is 1. The fourth-order valence-electron chi connectivity index (χ4n) is 4.07. The smallest absolute Gasteiger partial charge is 0.264 e. The number of nitrogens with zero attached hydrogens (tertiary/aromatic N) is 2. The molecule has 3 rings (SSSR count). The molecule has 0 radical (unpaired) electrons. The van der Waals surface area contributed by atoms with Crippen LogP contribution in [0.3, 0.4) is 0 Å². The number of hydrogen-bond acceptors (Lipinski definition) is 5. The van der Waals surface area contributed by atoms with E-state index in [1.807, 2.05) is 0 Å². The highest BCUT2D eigenvalue weighted by atomic mass is 35.5. The van der Waals surface area contributed by atoms with Gasteiger partial charge in [0, 0.05) is 18.1 Å². The molecule has 8 nitrogen and oxygen atoms in total. The molecule has 0 bridgehead atoms. The van der Waals surface area contributed by atoms with Gasteiger partial charge < -0.3 is 15.0 Å². The van der Waals surface area contributed by atoms with Crippen molar-refractivity contribution in [3.8, 4) is 5.75 Å². The summed E-state index contributed by atoms with van der Waals surface area (Å²) in [4.78, 5) is 28.4. The normalized spacial score (nSPS) is 11.9. The van der Waals surface area contributed by atoms with Gasteiger partial charge in [-0.2, -0.15) is 0 Å². The van der Waals surface area contributed by atoms with Crippen LogP contribution < -0.4 is 14.4 Å². The van der Waals surface area contributed by atoms with Crippen molar-refractivity contribution in [1.29, 1.82) is 0 Å². The number of ether oxygens (including phenoxy) is 1. The van der Waals surface area contributed by atoms with Gasteiger partial charge in [-0.3, -0.25) is 13.9 Å². The summed E-state index contributed by atoms with van der Waals surface area (Å²) < 4.78 is 34.1. The van der Waals surface area contributed by atoms with E-state index in [4.69, 9.17) is 16.3 Å². The van der Waals surface area contributed by atoms with Gasteiger partial charge in [-0.15, -0.1) is 0 Å². The molecule has 202 valence electrons. The summed E-state index contributed by atoms with van der Waals surface area (Å²) in [6.45, 7) is 3.55. The number of carbonyl (C=O) groups is 2. The highest BCUT2D eigenvalue weighted by molar-refractivity contribution is 7.92. The number of sulfonamides is 1. The summed E-state index contributed by atoms with van der Waals surface area (Å²) in [6.07, 6.45) is 0.339. The van der Waals surface area contributed by atoms with Gasteiger partial charge in [0.05, 0.1) is 17.7 Å². The van der Waals surface area contributed by atoms with Gasteiger partial charge in [0.1, 0.15) is 18.3 Å². The molecule has 0 aliphatic carbocycles. The van der Waals surface area contributed by atoms with E-state index < -0.39 is 28.5 Å². The molecule has 3 aromatic rings. The van der Waals surface area contributed by atoms with Gasteiger partial charge in [-0.25, -0.2) is 8.42 Å². The number of rotatable bonds is 12. The van der Waals surface area contributed by atoms with Crippen LogP contribution >= 0.6 is 11.6 Å². The highest BCUT2D eigenvalue weighted by Crippen LogP contribution is 2.32. The first-order valence-electron chi connectivity index (χ1n) is 12.2. The first-order chi connectivity index (χ1) is 18.2. The van der Waals surface area contributed by atoms with Gasteiger partial charge in [0.15, 0.2) is 0 Å². The van der Waals surface area contributed by atoms with E-state index in [2.05, 4.69) is 5.32 Å². The molecule has 1 unspecified atom stereocenters. The van der Waals surface area contributed by atoms with Crippen molar-refractivity contribution < 1.29 is 22.7 Å². The quantitative estimate of drug-likeness (QED) is 0.354. The maximum atomic E-state index is 14.0. The lowest BCUT2D eigenvalue weighted by Gasteiger charge is -2.33. The Balaban J connectivity index is 2.08. The summed E-state index contributed by atoms with van der Waals surface area (Å²) in [5.74, 6) is -0.560. The minimum atomic E-state index is -4.17. The lowest BCUT2D eigenvalue weighted by atomic mass is 10.1. The lowest BCUT2D eigenvalue weighted by Crippen LogP contribution is -2.52. The van der Waals surface area contributed by atoms with E-state index in [1.165, 1.54) is 24.1 Å². The van der Waals surface area contributed by atoms with Crippen molar-refractivity contribution in [2.24, 2.45) is 0 Å². The molecule has 10 heteroatoms. The monoisotopic (exact) mass is 557 g/mol. The Morgan fingerprint density at radius 3 is 2.18 bits per heavy atom. The molecular weight excluding hydrogens is 526 g/mol. The average molecular weight is 558 g/mol. The third kappa shape index (κ3) is 6.85. The molecule has 0 heterocycles. The number of carbonyl (C=O) groups excluding carboxylic acids is 2. The molecule has 1 N–H and O–H groups in total. The molecule has 2 amide bonds. The zero-order valence-corrected chi connectivity index (χ0v) is 23.2. The van der Waals surface area contributed by atoms with E-state index >= 15 is 0 Å². The predicted molar refractivity (Wildman–Crippen MR) is 149 cm³/mol. The number of anilines is 1. The van der Waals surface area contributed by atoms with Crippen LogP contribution in [0.1, 0.15) is 25.8 Å². The Hall–Kier alpha value is -3.56.